The summed E-state index contributed by atoms with van der Waals surface area (Å²) in [5.41, 5.74) is 2.46. The van der Waals surface area contributed by atoms with Gasteiger partial charge in [0, 0.05) is 21.7 Å². The molecule has 24 heavy (non-hydrogen) atoms. The van der Waals surface area contributed by atoms with Crippen LogP contribution >= 0.6 is 11.8 Å². The molecule has 0 bridgehead atoms. The summed E-state index contributed by atoms with van der Waals surface area (Å²) in [6.45, 7) is 2.67. The van der Waals surface area contributed by atoms with Crippen molar-refractivity contribution < 1.29 is 14.5 Å². The van der Waals surface area contributed by atoms with Gasteiger partial charge in [-0.3, -0.25) is 9.59 Å². The number of benzene rings is 2. The minimum Gasteiger partial charge on any atom is -0.326 e. The molecule has 1 atom stereocenters. The van der Waals surface area contributed by atoms with Crippen LogP contribution in [0.3, 0.4) is 0 Å². The van der Waals surface area contributed by atoms with Gasteiger partial charge in [0.05, 0.1) is 7.05 Å². The third-order valence-electron chi connectivity index (χ3n) is 3.68. The molecule has 126 valence electrons. The first kappa shape index (κ1) is 18.2. The number of likely N-dealkylation sites (N-methyl/N-ethyl adjacent to an activating group) is 1. The van der Waals surface area contributed by atoms with Crippen LogP contribution in [0, 0.1) is 0 Å². The van der Waals surface area contributed by atoms with Crippen LogP contribution in [0.2, 0.25) is 0 Å². The molecule has 2 aromatic carbocycles. The molecule has 4 nitrogen and oxygen atoms in total. The lowest BCUT2D eigenvalue weighted by Crippen LogP contribution is -3.08. The minimum atomic E-state index is -0.0612. The molecule has 2 rings (SSSR count). The molecule has 5 heteroatoms. The van der Waals surface area contributed by atoms with Gasteiger partial charge in [-0.15, -0.1) is 11.8 Å². The van der Waals surface area contributed by atoms with E-state index in [4.69, 9.17) is 0 Å². The lowest BCUT2D eigenvalue weighted by Gasteiger charge is -2.14. The van der Waals surface area contributed by atoms with Crippen LogP contribution in [0.5, 0.6) is 0 Å². The highest BCUT2D eigenvalue weighted by molar-refractivity contribution is 7.98. The van der Waals surface area contributed by atoms with E-state index >= 15 is 0 Å². The number of quaternary nitrogens is 1. The summed E-state index contributed by atoms with van der Waals surface area (Å²) < 4.78 is 0. The van der Waals surface area contributed by atoms with Gasteiger partial charge in [0.2, 0.25) is 0 Å². The molecule has 1 unspecified atom stereocenters. The number of amides is 1. The number of carbonyl (C=O) groups excluding carboxylic acids is 2. The lowest BCUT2D eigenvalue weighted by atomic mass is 10.1. The highest BCUT2D eigenvalue weighted by Crippen LogP contribution is 2.14. The van der Waals surface area contributed by atoms with Gasteiger partial charge in [0.25, 0.3) is 5.91 Å². The zero-order chi connectivity index (χ0) is 17.5. The minimum absolute atomic E-state index is 0.0115. The van der Waals surface area contributed by atoms with E-state index in [-0.39, 0.29) is 11.7 Å². The molecule has 0 aliphatic heterocycles. The Morgan fingerprint density at radius 2 is 1.83 bits per heavy atom. The van der Waals surface area contributed by atoms with Gasteiger partial charge >= 0.3 is 0 Å². The van der Waals surface area contributed by atoms with Crippen LogP contribution in [0.25, 0.3) is 0 Å². The Balaban J connectivity index is 1.89. The van der Waals surface area contributed by atoms with Crippen molar-refractivity contribution >= 4 is 29.1 Å². The highest BCUT2D eigenvalue weighted by atomic mass is 32.2. The van der Waals surface area contributed by atoms with E-state index in [0.717, 1.165) is 11.4 Å². The molecule has 0 aliphatic carbocycles. The Bertz CT molecular complexity index is 714. The van der Waals surface area contributed by atoms with Crippen LogP contribution in [-0.4, -0.2) is 31.5 Å². The zero-order valence-corrected chi connectivity index (χ0v) is 15.1. The van der Waals surface area contributed by atoms with Crippen LogP contribution in [0.1, 0.15) is 22.8 Å². The molecule has 0 radical (unpaired) electrons. The lowest BCUT2D eigenvalue weighted by molar-refractivity contribution is -0.885. The number of ketones is 1. The number of rotatable bonds is 7. The molecule has 0 spiro atoms. The van der Waals surface area contributed by atoms with Gasteiger partial charge in [-0.05, 0) is 37.4 Å². The van der Waals surface area contributed by atoms with E-state index in [1.54, 1.807) is 36.0 Å². The topological polar surface area (TPSA) is 50.6 Å². The molecule has 0 aromatic heterocycles. The summed E-state index contributed by atoms with van der Waals surface area (Å²) in [4.78, 5) is 25.9. The summed E-state index contributed by atoms with van der Waals surface area (Å²) >= 11 is 1.72. The highest BCUT2D eigenvalue weighted by Gasteiger charge is 2.11. The largest absolute Gasteiger partial charge is 0.326 e. The summed E-state index contributed by atoms with van der Waals surface area (Å²) in [6, 6.07) is 15.4. The second-order valence-corrected chi connectivity index (χ2v) is 6.72. The summed E-state index contributed by atoms with van der Waals surface area (Å²) in [5, 5.41) is 2.86. The van der Waals surface area contributed by atoms with Crippen LogP contribution in [-0.2, 0) is 11.3 Å². The average Bonchev–Trinajstić information content (AvgIpc) is 2.55. The number of Topliss-reactive ketones (excluding diaryl/α,β-unsaturated/α-hetero) is 1. The smallest absolute Gasteiger partial charge is 0.279 e. The Morgan fingerprint density at radius 1 is 1.12 bits per heavy atom. The normalized spacial score (nSPS) is 11.8. The summed E-state index contributed by atoms with van der Waals surface area (Å²) in [7, 11) is 1.99. The van der Waals surface area contributed by atoms with E-state index in [9.17, 15) is 9.59 Å². The monoisotopic (exact) mass is 343 g/mol. The second-order valence-electron chi connectivity index (χ2n) is 5.84. The van der Waals surface area contributed by atoms with E-state index < -0.39 is 0 Å². The van der Waals surface area contributed by atoms with Crippen molar-refractivity contribution in [3.8, 4) is 0 Å². The Hall–Kier alpha value is -2.11. The van der Waals surface area contributed by atoms with Crippen molar-refractivity contribution in [3.63, 3.8) is 0 Å². The van der Waals surface area contributed by atoms with E-state index in [2.05, 4.69) is 35.8 Å². The van der Waals surface area contributed by atoms with Crippen molar-refractivity contribution in [3.05, 3.63) is 59.7 Å². The molecule has 1 amide bonds. The third-order valence-corrected chi connectivity index (χ3v) is 4.42. The van der Waals surface area contributed by atoms with E-state index in [1.807, 2.05) is 7.05 Å². The third kappa shape index (κ3) is 5.51. The molecule has 0 aliphatic rings. The predicted octanol–water partition coefficient (Wildman–Crippen LogP) is 2.26. The second kappa shape index (κ2) is 8.66. The first-order valence-corrected chi connectivity index (χ1v) is 9.05. The fourth-order valence-electron chi connectivity index (χ4n) is 2.45. The summed E-state index contributed by atoms with van der Waals surface area (Å²) in [5.74, 6) is -0.0727. The first-order chi connectivity index (χ1) is 11.5. The van der Waals surface area contributed by atoms with Gasteiger partial charge in [-0.1, -0.05) is 24.3 Å². The van der Waals surface area contributed by atoms with Gasteiger partial charge in [0.15, 0.2) is 12.3 Å². The number of anilines is 1. The van der Waals surface area contributed by atoms with Crippen molar-refractivity contribution in [2.45, 2.75) is 18.4 Å². The van der Waals surface area contributed by atoms with Gasteiger partial charge in [-0.2, -0.15) is 0 Å². The number of nitrogens with one attached hydrogen (secondary N) is 2. The van der Waals surface area contributed by atoms with Crippen LogP contribution in [0.4, 0.5) is 5.69 Å². The molecule has 2 aromatic rings. The Kier molecular flexibility index (Phi) is 6.58. The Labute approximate surface area is 147 Å². The van der Waals surface area contributed by atoms with Crippen molar-refractivity contribution in [1.29, 1.82) is 0 Å². The molecular formula is C19H23N2O2S+. The maximum Gasteiger partial charge on any atom is 0.279 e. The fraction of sp³-hybridized carbons (Fsp3) is 0.263. The fourth-order valence-corrected chi connectivity index (χ4v) is 2.86. The number of hydrogen-bond donors (Lipinski definition) is 2. The molecule has 0 saturated carbocycles. The van der Waals surface area contributed by atoms with Gasteiger partial charge < -0.3 is 10.2 Å². The first-order valence-electron chi connectivity index (χ1n) is 7.83. The van der Waals surface area contributed by atoms with E-state index in [0.29, 0.717) is 17.8 Å². The summed E-state index contributed by atoms with van der Waals surface area (Å²) in [6.07, 6.45) is 2.05. The molecular weight excluding hydrogens is 320 g/mol. The van der Waals surface area contributed by atoms with Gasteiger partial charge in [0.1, 0.15) is 6.54 Å². The molecule has 0 heterocycles. The van der Waals surface area contributed by atoms with Crippen molar-refractivity contribution in [2.75, 3.05) is 25.2 Å². The SMILES string of the molecule is CSc1ccc(C[NH+](C)CC(=O)Nc2cccc(C(C)=O)c2)cc1. The maximum absolute atomic E-state index is 12.2. The number of carbonyl (C=O) groups is 2. The predicted molar refractivity (Wildman–Crippen MR) is 98.8 cm³/mol. The van der Waals surface area contributed by atoms with Crippen LogP contribution in [0.15, 0.2) is 53.4 Å². The van der Waals surface area contributed by atoms with Crippen molar-refractivity contribution in [1.82, 2.24) is 0 Å². The quantitative estimate of drug-likeness (QED) is 0.599. The zero-order valence-electron chi connectivity index (χ0n) is 14.3. The standard InChI is InChI=1S/C19H22N2O2S/c1-14(22)16-5-4-6-17(11-16)20-19(23)13-21(2)12-15-7-9-18(24-3)10-8-15/h4-11H,12-13H2,1-3H3,(H,20,23)/p+1. The molecule has 0 saturated heterocycles. The Morgan fingerprint density at radius 3 is 2.46 bits per heavy atom. The number of thioether (sulfide) groups is 1. The molecule has 0 fully saturated rings. The maximum atomic E-state index is 12.2. The average molecular weight is 343 g/mol. The van der Waals surface area contributed by atoms with E-state index in [1.165, 1.54) is 17.4 Å². The van der Waals surface area contributed by atoms with Gasteiger partial charge in [-0.25, -0.2) is 0 Å². The molecule has 2 N–H and O–H groups in total. The van der Waals surface area contributed by atoms with Crippen molar-refractivity contribution in [2.24, 2.45) is 0 Å². The number of hydrogen-bond acceptors (Lipinski definition) is 3. The van der Waals surface area contributed by atoms with Crippen LogP contribution < -0.4 is 10.2 Å².